The Morgan fingerprint density at radius 1 is 1.30 bits per heavy atom. The third kappa shape index (κ3) is 3.38. The Morgan fingerprint density at radius 2 is 2.13 bits per heavy atom. The SMILES string of the molecule is CCCOC(=O)c1ccccc1Oc1ccc2c(c1)COB2O. The van der Waals surface area contributed by atoms with Crippen LogP contribution < -0.4 is 10.2 Å². The number of benzene rings is 2. The van der Waals surface area contributed by atoms with E-state index in [9.17, 15) is 9.82 Å². The predicted molar refractivity (Wildman–Crippen MR) is 85.9 cm³/mol. The quantitative estimate of drug-likeness (QED) is 0.678. The van der Waals surface area contributed by atoms with Crippen LogP contribution in [0.5, 0.6) is 11.5 Å². The third-order valence-electron chi connectivity index (χ3n) is 3.55. The van der Waals surface area contributed by atoms with Crippen molar-refractivity contribution in [3.63, 3.8) is 0 Å². The number of hydrogen-bond acceptors (Lipinski definition) is 5. The molecule has 0 bridgehead atoms. The van der Waals surface area contributed by atoms with Gasteiger partial charge in [0.2, 0.25) is 0 Å². The highest BCUT2D eigenvalue weighted by molar-refractivity contribution is 6.61. The van der Waals surface area contributed by atoms with Gasteiger partial charge in [0.05, 0.1) is 13.2 Å². The zero-order valence-corrected chi connectivity index (χ0v) is 12.8. The van der Waals surface area contributed by atoms with E-state index in [-0.39, 0.29) is 0 Å². The van der Waals surface area contributed by atoms with Crippen LogP contribution in [0.1, 0.15) is 29.3 Å². The highest BCUT2D eigenvalue weighted by Gasteiger charge is 2.27. The molecule has 0 fully saturated rings. The summed E-state index contributed by atoms with van der Waals surface area (Å²) < 4.78 is 16.2. The first-order chi connectivity index (χ1) is 11.2. The fraction of sp³-hybridized carbons (Fsp3) is 0.235. The Labute approximate surface area is 134 Å². The monoisotopic (exact) mass is 312 g/mol. The molecule has 0 saturated heterocycles. The van der Waals surface area contributed by atoms with E-state index < -0.39 is 13.1 Å². The second-order valence-corrected chi connectivity index (χ2v) is 5.26. The Balaban J connectivity index is 1.82. The lowest BCUT2D eigenvalue weighted by molar-refractivity contribution is 0.0502. The normalized spacial score (nSPS) is 12.9. The van der Waals surface area contributed by atoms with E-state index in [1.54, 1.807) is 42.5 Å². The molecule has 1 heterocycles. The predicted octanol–water partition coefficient (Wildman–Crippen LogP) is 2.26. The van der Waals surface area contributed by atoms with Gasteiger partial charge in [-0.15, -0.1) is 0 Å². The maximum atomic E-state index is 12.1. The molecule has 3 rings (SSSR count). The molecule has 1 aliphatic heterocycles. The maximum absolute atomic E-state index is 12.1. The fourth-order valence-corrected chi connectivity index (χ4v) is 2.39. The number of carbonyl (C=O) groups is 1. The molecule has 0 unspecified atom stereocenters. The van der Waals surface area contributed by atoms with Crippen molar-refractivity contribution < 1.29 is 23.9 Å². The van der Waals surface area contributed by atoms with E-state index in [2.05, 4.69) is 0 Å². The molecular weight excluding hydrogens is 295 g/mol. The first-order valence-electron chi connectivity index (χ1n) is 7.55. The van der Waals surface area contributed by atoms with Gasteiger partial charge in [0.15, 0.2) is 0 Å². The van der Waals surface area contributed by atoms with E-state index in [1.165, 1.54) is 0 Å². The Bertz CT molecular complexity index is 716. The second-order valence-electron chi connectivity index (χ2n) is 5.26. The molecule has 2 aromatic carbocycles. The summed E-state index contributed by atoms with van der Waals surface area (Å²) in [4.78, 5) is 12.1. The number of fused-ring (bicyclic) bond motifs is 1. The summed E-state index contributed by atoms with van der Waals surface area (Å²) in [6, 6.07) is 12.3. The van der Waals surface area contributed by atoms with Crippen molar-refractivity contribution in [2.45, 2.75) is 20.0 Å². The molecule has 118 valence electrons. The highest BCUT2D eigenvalue weighted by atomic mass is 16.5. The molecule has 0 spiro atoms. The maximum Gasteiger partial charge on any atom is 0.491 e. The molecule has 0 aliphatic carbocycles. The molecule has 0 aromatic heterocycles. The van der Waals surface area contributed by atoms with E-state index >= 15 is 0 Å². The van der Waals surface area contributed by atoms with Crippen LogP contribution in [0.15, 0.2) is 42.5 Å². The minimum absolute atomic E-state index is 0.341. The first kappa shape index (κ1) is 15.6. The largest absolute Gasteiger partial charge is 0.491 e. The Hall–Kier alpha value is -2.31. The van der Waals surface area contributed by atoms with Gasteiger partial charge in [0.1, 0.15) is 17.1 Å². The zero-order chi connectivity index (χ0) is 16.2. The number of ether oxygens (including phenoxy) is 2. The van der Waals surface area contributed by atoms with Gasteiger partial charge >= 0.3 is 13.1 Å². The van der Waals surface area contributed by atoms with Gasteiger partial charge in [-0.2, -0.15) is 0 Å². The average Bonchev–Trinajstić information content (AvgIpc) is 2.94. The lowest BCUT2D eigenvalue weighted by Crippen LogP contribution is -2.27. The number of carbonyl (C=O) groups excluding carboxylic acids is 1. The number of para-hydroxylation sites is 1. The van der Waals surface area contributed by atoms with Crippen molar-refractivity contribution in [3.8, 4) is 11.5 Å². The van der Waals surface area contributed by atoms with Crippen LogP contribution in [0.4, 0.5) is 0 Å². The third-order valence-corrected chi connectivity index (χ3v) is 3.55. The summed E-state index contributed by atoms with van der Waals surface area (Å²) in [7, 11) is -0.879. The number of rotatable bonds is 5. The van der Waals surface area contributed by atoms with Gasteiger partial charge in [-0.25, -0.2) is 4.79 Å². The lowest BCUT2D eigenvalue weighted by atomic mass is 9.80. The van der Waals surface area contributed by atoms with Gasteiger partial charge in [-0.3, -0.25) is 0 Å². The zero-order valence-electron chi connectivity index (χ0n) is 12.8. The Morgan fingerprint density at radius 3 is 2.96 bits per heavy atom. The molecule has 1 aliphatic rings. The standard InChI is InChI=1S/C17H17BO5/c1-2-9-21-17(19)14-5-3-4-6-16(14)23-13-7-8-15-12(10-13)11-22-18(15)20/h3-8,10,20H,2,9,11H2,1H3. The first-order valence-corrected chi connectivity index (χ1v) is 7.55. The van der Waals surface area contributed by atoms with Gasteiger partial charge in [-0.05, 0) is 41.7 Å². The fourth-order valence-electron chi connectivity index (χ4n) is 2.39. The van der Waals surface area contributed by atoms with Crippen LogP contribution >= 0.6 is 0 Å². The van der Waals surface area contributed by atoms with E-state index in [4.69, 9.17) is 14.1 Å². The van der Waals surface area contributed by atoms with Crippen molar-refractivity contribution in [2.75, 3.05) is 6.61 Å². The molecule has 0 atom stereocenters. The van der Waals surface area contributed by atoms with Crippen LogP contribution in [0.2, 0.25) is 0 Å². The van der Waals surface area contributed by atoms with E-state index in [0.29, 0.717) is 30.3 Å². The summed E-state index contributed by atoms with van der Waals surface area (Å²) in [5.41, 5.74) is 2.01. The van der Waals surface area contributed by atoms with Gasteiger partial charge in [0.25, 0.3) is 0 Å². The van der Waals surface area contributed by atoms with Gasteiger partial charge in [0, 0.05) is 0 Å². The summed E-state index contributed by atoms with van der Waals surface area (Å²) >= 11 is 0. The Kier molecular flexibility index (Phi) is 4.64. The summed E-state index contributed by atoms with van der Waals surface area (Å²) in [6.45, 7) is 2.66. The van der Waals surface area contributed by atoms with Crippen LogP contribution in [0.3, 0.4) is 0 Å². The molecule has 6 heteroatoms. The van der Waals surface area contributed by atoms with Crippen LogP contribution in [-0.4, -0.2) is 24.7 Å². The minimum Gasteiger partial charge on any atom is -0.462 e. The topological polar surface area (TPSA) is 65.0 Å². The summed E-state index contributed by atoms with van der Waals surface area (Å²) in [5.74, 6) is 0.618. The molecule has 2 aromatic rings. The second kappa shape index (κ2) is 6.85. The van der Waals surface area contributed by atoms with Gasteiger partial charge in [-0.1, -0.05) is 25.1 Å². The highest BCUT2D eigenvalue weighted by Crippen LogP contribution is 2.27. The minimum atomic E-state index is -0.879. The molecule has 5 nitrogen and oxygen atoms in total. The van der Waals surface area contributed by atoms with Crippen molar-refractivity contribution in [2.24, 2.45) is 0 Å². The molecule has 0 saturated carbocycles. The smallest absolute Gasteiger partial charge is 0.462 e. The molecular formula is C17H17BO5. The van der Waals surface area contributed by atoms with Crippen molar-refractivity contribution in [1.29, 1.82) is 0 Å². The molecule has 0 radical (unpaired) electrons. The summed E-state index contributed by atoms with van der Waals surface area (Å²) in [5, 5.41) is 9.64. The van der Waals surface area contributed by atoms with Crippen molar-refractivity contribution >= 4 is 18.6 Å². The molecule has 1 N–H and O–H groups in total. The van der Waals surface area contributed by atoms with Crippen molar-refractivity contribution in [1.82, 2.24) is 0 Å². The average molecular weight is 312 g/mol. The van der Waals surface area contributed by atoms with Gasteiger partial charge < -0.3 is 19.2 Å². The van der Waals surface area contributed by atoms with Crippen LogP contribution in [0.25, 0.3) is 0 Å². The lowest BCUT2D eigenvalue weighted by Gasteiger charge is -2.11. The van der Waals surface area contributed by atoms with Crippen LogP contribution in [-0.2, 0) is 16.0 Å². The van der Waals surface area contributed by atoms with E-state index in [0.717, 1.165) is 17.4 Å². The number of hydrogen-bond donors (Lipinski definition) is 1. The van der Waals surface area contributed by atoms with Crippen LogP contribution in [0, 0.1) is 0 Å². The molecule has 23 heavy (non-hydrogen) atoms. The van der Waals surface area contributed by atoms with E-state index in [1.807, 2.05) is 6.92 Å². The van der Waals surface area contributed by atoms with Crippen molar-refractivity contribution in [3.05, 3.63) is 53.6 Å². The molecule has 0 amide bonds. The number of esters is 1. The summed E-state index contributed by atoms with van der Waals surface area (Å²) in [6.07, 6.45) is 0.766.